The van der Waals surface area contributed by atoms with Crippen molar-refractivity contribution < 1.29 is 19.1 Å². The number of hydrogen-bond donors (Lipinski definition) is 1. The SMILES string of the molecule is C=CC(=O)CCC(C)COCCOCC(C)CNC(=O)C=C. The van der Waals surface area contributed by atoms with Crippen LogP contribution in [0.25, 0.3) is 0 Å². The van der Waals surface area contributed by atoms with Crippen molar-refractivity contribution in [3.63, 3.8) is 0 Å². The summed E-state index contributed by atoms with van der Waals surface area (Å²) in [5.41, 5.74) is 0. The number of ketones is 1. The highest BCUT2D eigenvalue weighted by Gasteiger charge is 2.06. The Kier molecular flexibility index (Phi) is 12.3. The largest absolute Gasteiger partial charge is 0.379 e. The monoisotopic (exact) mass is 311 g/mol. The van der Waals surface area contributed by atoms with Crippen molar-refractivity contribution in [2.75, 3.05) is 33.0 Å². The van der Waals surface area contributed by atoms with Crippen molar-refractivity contribution in [2.24, 2.45) is 11.8 Å². The number of nitrogens with one attached hydrogen (secondary N) is 1. The van der Waals surface area contributed by atoms with Crippen LogP contribution in [-0.4, -0.2) is 44.7 Å². The Bertz CT molecular complexity index is 321. The number of hydrogen-bond acceptors (Lipinski definition) is 4. The molecule has 0 aliphatic heterocycles. The molecule has 126 valence electrons. The van der Waals surface area contributed by atoms with Gasteiger partial charge in [0.05, 0.1) is 19.8 Å². The molecule has 22 heavy (non-hydrogen) atoms. The maximum Gasteiger partial charge on any atom is 0.243 e. The molecule has 0 heterocycles. The van der Waals surface area contributed by atoms with Gasteiger partial charge in [-0.2, -0.15) is 0 Å². The third kappa shape index (κ3) is 12.3. The molecule has 0 aliphatic rings. The first-order valence-corrected chi connectivity index (χ1v) is 7.70. The van der Waals surface area contributed by atoms with E-state index in [9.17, 15) is 9.59 Å². The zero-order valence-electron chi connectivity index (χ0n) is 13.8. The molecule has 0 spiro atoms. The summed E-state index contributed by atoms with van der Waals surface area (Å²) in [6.45, 7) is 13.7. The van der Waals surface area contributed by atoms with Crippen molar-refractivity contribution in [1.82, 2.24) is 5.32 Å². The van der Waals surface area contributed by atoms with Crippen LogP contribution in [0.15, 0.2) is 25.3 Å². The lowest BCUT2D eigenvalue weighted by Crippen LogP contribution is -2.28. The van der Waals surface area contributed by atoms with Crippen molar-refractivity contribution in [1.29, 1.82) is 0 Å². The Morgan fingerprint density at radius 1 is 1.05 bits per heavy atom. The molecule has 0 aromatic carbocycles. The maximum atomic E-state index is 11.1. The summed E-state index contributed by atoms with van der Waals surface area (Å²) >= 11 is 0. The minimum absolute atomic E-state index is 0.0766. The predicted molar refractivity (Wildman–Crippen MR) is 87.6 cm³/mol. The first-order valence-electron chi connectivity index (χ1n) is 7.70. The van der Waals surface area contributed by atoms with E-state index in [4.69, 9.17) is 9.47 Å². The second kappa shape index (κ2) is 13.2. The fraction of sp³-hybridized carbons (Fsp3) is 0.647. The Morgan fingerprint density at radius 2 is 1.64 bits per heavy atom. The summed E-state index contributed by atoms with van der Waals surface area (Å²) < 4.78 is 11.0. The third-order valence-corrected chi connectivity index (χ3v) is 3.10. The molecule has 1 amide bonds. The maximum absolute atomic E-state index is 11.1. The van der Waals surface area contributed by atoms with Gasteiger partial charge >= 0.3 is 0 Å². The van der Waals surface area contributed by atoms with E-state index < -0.39 is 0 Å². The lowest BCUT2D eigenvalue weighted by molar-refractivity contribution is -0.117. The molecule has 0 aliphatic carbocycles. The molecule has 0 aromatic heterocycles. The highest BCUT2D eigenvalue weighted by atomic mass is 16.5. The number of carbonyl (C=O) groups excluding carboxylic acids is 2. The first-order chi connectivity index (χ1) is 10.5. The molecule has 0 aromatic rings. The van der Waals surface area contributed by atoms with Gasteiger partial charge in [0, 0.05) is 19.6 Å². The Morgan fingerprint density at radius 3 is 2.18 bits per heavy atom. The van der Waals surface area contributed by atoms with Crippen LogP contribution < -0.4 is 5.32 Å². The summed E-state index contributed by atoms with van der Waals surface area (Å²) in [6, 6.07) is 0. The summed E-state index contributed by atoms with van der Waals surface area (Å²) in [5.74, 6) is 0.497. The molecule has 0 saturated heterocycles. The van der Waals surface area contributed by atoms with Crippen molar-refractivity contribution in [3.8, 4) is 0 Å². The van der Waals surface area contributed by atoms with Crippen molar-refractivity contribution >= 4 is 11.7 Å². The van der Waals surface area contributed by atoms with Crippen molar-refractivity contribution in [2.45, 2.75) is 26.7 Å². The minimum Gasteiger partial charge on any atom is -0.379 e. The van der Waals surface area contributed by atoms with Crippen LogP contribution in [0.5, 0.6) is 0 Å². The lowest BCUT2D eigenvalue weighted by Gasteiger charge is -2.14. The second-order valence-electron chi connectivity index (χ2n) is 5.52. The van der Waals surface area contributed by atoms with Gasteiger partial charge in [0.15, 0.2) is 5.78 Å². The van der Waals surface area contributed by atoms with Crippen LogP contribution in [0.1, 0.15) is 26.7 Å². The van der Waals surface area contributed by atoms with Gasteiger partial charge in [0.1, 0.15) is 0 Å². The minimum atomic E-state index is -0.167. The number of carbonyl (C=O) groups is 2. The molecular weight excluding hydrogens is 282 g/mol. The van der Waals surface area contributed by atoms with Crippen LogP contribution in [0.4, 0.5) is 0 Å². The van der Waals surface area contributed by atoms with E-state index in [1.165, 1.54) is 12.2 Å². The second-order valence-corrected chi connectivity index (χ2v) is 5.52. The number of amides is 1. The number of rotatable bonds is 14. The van der Waals surface area contributed by atoms with Crippen molar-refractivity contribution in [3.05, 3.63) is 25.3 Å². The van der Waals surface area contributed by atoms with Gasteiger partial charge in [-0.25, -0.2) is 0 Å². The molecule has 0 rings (SSSR count). The van der Waals surface area contributed by atoms with Crippen LogP contribution in [0, 0.1) is 11.8 Å². The quantitative estimate of drug-likeness (QED) is 0.394. The zero-order chi connectivity index (χ0) is 16.8. The van der Waals surface area contributed by atoms with E-state index in [0.29, 0.717) is 45.3 Å². The Labute approximate surface area is 133 Å². The molecule has 0 fully saturated rings. The fourth-order valence-electron chi connectivity index (χ4n) is 1.67. The molecule has 2 atom stereocenters. The Hall–Kier alpha value is -1.46. The van der Waals surface area contributed by atoms with E-state index in [1.54, 1.807) is 0 Å². The molecule has 5 nitrogen and oxygen atoms in total. The van der Waals surface area contributed by atoms with E-state index in [-0.39, 0.29) is 17.6 Å². The number of ether oxygens (including phenoxy) is 2. The van der Waals surface area contributed by atoms with Gasteiger partial charge in [-0.1, -0.05) is 27.0 Å². The summed E-state index contributed by atoms with van der Waals surface area (Å²) in [6.07, 6.45) is 3.95. The molecule has 2 unspecified atom stereocenters. The van der Waals surface area contributed by atoms with E-state index in [1.807, 2.05) is 6.92 Å². The van der Waals surface area contributed by atoms with E-state index in [0.717, 1.165) is 6.42 Å². The summed E-state index contributed by atoms with van der Waals surface area (Å²) in [4.78, 5) is 22.1. The fourth-order valence-corrected chi connectivity index (χ4v) is 1.67. The Balaban J connectivity index is 3.45. The summed E-state index contributed by atoms with van der Waals surface area (Å²) in [7, 11) is 0. The van der Waals surface area contributed by atoms with Gasteiger partial charge in [0.2, 0.25) is 5.91 Å². The molecular formula is C17H29NO4. The highest BCUT2D eigenvalue weighted by molar-refractivity contribution is 5.88. The number of allylic oxidation sites excluding steroid dienone is 1. The molecule has 0 saturated carbocycles. The molecule has 5 heteroatoms. The zero-order valence-corrected chi connectivity index (χ0v) is 13.8. The van der Waals surface area contributed by atoms with Gasteiger partial charge in [-0.3, -0.25) is 9.59 Å². The van der Waals surface area contributed by atoms with Gasteiger partial charge < -0.3 is 14.8 Å². The molecule has 0 radical (unpaired) electrons. The molecule has 1 N–H and O–H groups in total. The van der Waals surface area contributed by atoms with Crippen LogP contribution in [0.2, 0.25) is 0 Å². The van der Waals surface area contributed by atoms with E-state index >= 15 is 0 Å². The first kappa shape index (κ1) is 20.5. The standard InChI is InChI=1S/C17H29NO4/c1-5-16(19)8-7-14(3)12-21-9-10-22-13-15(4)11-18-17(20)6-2/h5-6,14-15H,1-2,7-13H2,3-4H3,(H,18,20). The van der Waals surface area contributed by atoms with Crippen LogP contribution in [-0.2, 0) is 19.1 Å². The topological polar surface area (TPSA) is 64.6 Å². The lowest BCUT2D eigenvalue weighted by atomic mass is 10.0. The average molecular weight is 311 g/mol. The van der Waals surface area contributed by atoms with Gasteiger partial charge in [-0.05, 0) is 30.4 Å². The van der Waals surface area contributed by atoms with Crippen LogP contribution >= 0.6 is 0 Å². The highest BCUT2D eigenvalue weighted by Crippen LogP contribution is 2.06. The normalized spacial score (nSPS) is 13.2. The van der Waals surface area contributed by atoms with Gasteiger partial charge in [0.25, 0.3) is 0 Å². The van der Waals surface area contributed by atoms with E-state index in [2.05, 4.69) is 25.4 Å². The molecule has 0 bridgehead atoms. The van der Waals surface area contributed by atoms with Gasteiger partial charge in [-0.15, -0.1) is 0 Å². The van der Waals surface area contributed by atoms with Crippen LogP contribution in [0.3, 0.4) is 0 Å². The predicted octanol–water partition coefficient (Wildman–Crippen LogP) is 2.13. The summed E-state index contributed by atoms with van der Waals surface area (Å²) in [5, 5.41) is 2.72. The smallest absolute Gasteiger partial charge is 0.243 e. The third-order valence-electron chi connectivity index (χ3n) is 3.10. The average Bonchev–Trinajstić information content (AvgIpc) is 2.53.